The van der Waals surface area contributed by atoms with Crippen LogP contribution in [0.1, 0.15) is 24.5 Å². The molecule has 1 aromatic carbocycles. The molecule has 0 radical (unpaired) electrons. The number of carbonyl (C=O) groups is 1. The van der Waals surface area contributed by atoms with Crippen LogP contribution < -0.4 is 5.69 Å². The largest absolute Gasteiger partial charge is 0.457 e. The number of halogens is 2. The van der Waals surface area contributed by atoms with Crippen molar-refractivity contribution in [2.75, 3.05) is 0 Å². The molecule has 0 bridgehead atoms. The molecule has 1 aromatic heterocycles. The van der Waals surface area contributed by atoms with Crippen molar-refractivity contribution in [3.8, 4) is 5.69 Å². The molecule has 20 heavy (non-hydrogen) atoms. The van der Waals surface area contributed by atoms with Crippen LogP contribution in [0.5, 0.6) is 0 Å². The van der Waals surface area contributed by atoms with Crippen molar-refractivity contribution in [3.05, 3.63) is 44.6 Å². The van der Waals surface area contributed by atoms with E-state index in [1.807, 2.05) is 0 Å². The molecule has 0 saturated carbocycles. The fourth-order valence-corrected chi connectivity index (χ4v) is 2.04. The minimum absolute atomic E-state index is 0.181. The van der Waals surface area contributed by atoms with Crippen LogP contribution in [0, 0.1) is 0 Å². The van der Waals surface area contributed by atoms with Gasteiger partial charge in [-0.2, -0.15) is 4.68 Å². The predicted octanol–water partition coefficient (Wildman–Crippen LogP) is 2.43. The second-order valence-electron chi connectivity index (χ2n) is 4.27. The summed E-state index contributed by atoms with van der Waals surface area (Å²) in [6.45, 7) is 3.40. The zero-order valence-corrected chi connectivity index (χ0v) is 12.2. The summed E-state index contributed by atoms with van der Waals surface area (Å²) in [6.07, 6.45) is -0.309. The molecule has 0 amide bonds. The second kappa shape index (κ2) is 5.68. The number of esters is 1. The van der Waals surface area contributed by atoms with E-state index in [1.54, 1.807) is 13.8 Å². The Labute approximate surface area is 124 Å². The molecule has 0 atom stereocenters. The minimum atomic E-state index is -0.705. The third kappa shape index (κ3) is 3.20. The lowest BCUT2D eigenvalue weighted by Crippen LogP contribution is -2.15. The van der Waals surface area contributed by atoms with Gasteiger partial charge in [0.05, 0.1) is 11.8 Å². The highest BCUT2D eigenvalue weighted by molar-refractivity contribution is 6.34. The van der Waals surface area contributed by atoms with Gasteiger partial charge < -0.3 is 4.74 Å². The van der Waals surface area contributed by atoms with E-state index < -0.39 is 11.7 Å². The molecular weight excluding hydrogens is 305 g/mol. The molecular formula is C12H11Cl2N3O3. The standard InChI is InChI=1S/C12H11Cl2N3O3/c1-6(2)20-11(18)10-15-12(19)17(16-10)9-4-7(13)3-8(14)5-9/h3-6H,1-2H3,(H,15,16,19). The number of hydrogen-bond donors (Lipinski definition) is 1. The molecule has 0 fully saturated rings. The summed E-state index contributed by atoms with van der Waals surface area (Å²) in [4.78, 5) is 25.8. The van der Waals surface area contributed by atoms with E-state index in [2.05, 4.69) is 10.1 Å². The number of aromatic amines is 1. The molecule has 8 heteroatoms. The van der Waals surface area contributed by atoms with Crippen molar-refractivity contribution in [1.29, 1.82) is 0 Å². The van der Waals surface area contributed by atoms with Gasteiger partial charge in [-0.3, -0.25) is 4.98 Å². The molecule has 106 valence electrons. The molecule has 0 aliphatic heterocycles. The summed E-state index contributed by atoms with van der Waals surface area (Å²) in [5, 5.41) is 4.58. The molecule has 0 unspecified atom stereocenters. The Hall–Kier alpha value is -1.79. The number of hydrogen-bond acceptors (Lipinski definition) is 4. The number of nitrogens with one attached hydrogen (secondary N) is 1. The number of benzene rings is 1. The third-order valence-electron chi connectivity index (χ3n) is 2.25. The van der Waals surface area contributed by atoms with Gasteiger partial charge in [-0.1, -0.05) is 23.2 Å². The lowest BCUT2D eigenvalue weighted by atomic mass is 10.3. The molecule has 1 N–H and O–H groups in total. The predicted molar refractivity (Wildman–Crippen MR) is 74.8 cm³/mol. The Morgan fingerprint density at radius 2 is 1.90 bits per heavy atom. The highest BCUT2D eigenvalue weighted by Crippen LogP contribution is 2.20. The van der Waals surface area contributed by atoms with Crippen LogP contribution in [-0.4, -0.2) is 26.8 Å². The van der Waals surface area contributed by atoms with Crippen molar-refractivity contribution in [2.45, 2.75) is 20.0 Å². The molecule has 6 nitrogen and oxygen atoms in total. The number of ether oxygens (including phenoxy) is 1. The van der Waals surface area contributed by atoms with Crippen LogP contribution in [0.25, 0.3) is 5.69 Å². The lowest BCUT2D eigenvalue weighted by Gasteiger charge is -2.04. The Balaban J connectivity index is 2.41. The van der Waals surface area contributed by atoms with Gasteiger partial charge in [-0.15, -0.1) is 5.10 Å². The topological polar surface area (TPSA) is 77.0 Å². The number of aromatic nitrogens is 3. The molecule has 0 spiro atoms. The van der Waals surface area contributed by atoms with Crippen molar-refractivity contribution in [3.63, 3.8) is 0 Å². The molecule has 0 aliphatic rings. The first-order valence-electron chi connectivity index (χ1n) is 5.73. The van der Waals surface area contributed by atoms with Gasteiger partial charge >= 0.3 is 11.7 Å². The zero-order valence-electron chi connectivity index (χ0n) is 10.7. The number of H-pyrrole nitrogens is 1. The van der Waals surface area contributed by atoms with E-state index >= 15 is 0 Å². The first-order valence-corrected chi connectivity index (χ1v) is 6.49. The maximum absolute atomic E-state index is 11.8. The summed E-state index contributed by atoms with van der Waals surface area (Å²) >= 11 is 11.7. The fourth-order valence-electron chi connectivity index (χ4n) is 1.52. The summed E-state index contributed by atoms with van der Waals surface area (Å²) in [5.74, 6) is -0.885. The van der Waals surface area contributed by atoms with Gasteiger partial charge in [0.1, 0.15) is 0 Å². The Morgan fingerprint density at radius 3 is 2.45 bits per heavy atom. The molecule has 1 heterocycles. The highest BCUT2D eigenvalue weighted by Gasteiger charge is 2.17. The van der Waals surface area contributed by atoms with Gasteiger partial charge in [0.2, 0.25) is 5.82 Å². The van der Waals surface area contributed by atoms with Crippen molar-refractivity contribution < 1.29 is 9.53 Å². The van der Waals surface area contributed by atoms with Gasteiger partial charge in [-0.25, -0.2) is 9.59 Å². The smallest absolute Gasteiger partial charge is 0.376 e. The molecule has 2 aromatic rings. The van der Waals surface area contributed by atoms with E-state index in [9.17, 15) is 9.59 Å². The van der Waals surface area contributed by atoms with Crippen LogP contribution in [0.15, 0.2) is 23.0 Å². The lowest BCUT2D eigenvalue weighted by molar-refractivity contribution is 0.0363. The maximum Gasteiger partial charge on any atom is 0.376 e. The van der Waals surface area contributed by atoms with Crippen LogP contribution in [0.3, 0.4) is 0 Å². The third-order valence-corrected chi connectivity index (χ3v) is 2.68. The van der Waals surface area contributed by atoms with Gasteiger partial charge in [0.25, 0.3) is 0 Å². The van der Waals surface area contributed by atoms with Crippen LogP contribution in [-0.2, 0) is 4.74 Å². The first-order chi connectivity index (χ1) is 9.36. The van der Waals surface area contributed by atoms with Gasteiger partial charge in [0.15, 0.2) is 0 Å². The second-order valence-corrected chi connectivity index (χ2v) is 5.15. The quantitative estimate of drug-likeness (QED) is 0.882. The Bertz CT molecular complexity index is 686. The van der Waals surface area contributed by atoms with Gasteiger partial charge in [0, 0.05) is 10.0 Å². The van der Waals surface area contributed by atoms with Crippen LogP contribution >= 0.6 is 23.2 Å². The van der Waals surface area contributed by atoms with E-state index in [4.69, 9.17) is 27.9 Å². The number of carbonyl (C=O) groups excluding carboxylic acids is 1. The van der Waals surface area contributed by atoms with Crippen LogP contribution in [0.4, 0.5) is 0 Å². The molecule has 0 saturated heterocycles. The molecule has 0 aliphatic carbocycles. The van der Waals surface area contributed by atoms with Crippen molar-refractivity contribution in [1.82, 2.24) is 14.8 Å². The Morgan fingerprint density at radius 1 is 1.30 bits per heavy atom. The SMILES string of the molecule is CC(C)OC(=O)c1nn(-c2cc(Cl)cc(Cl)c2)c(=O)[nH]1. The summed E-state index contributed by atoms with van der Waals surface area (Å²) in [5.41, 5.74) is -0.230. The average Bonchev–Trinajstić information content (AvgIpc) is 2.69. The van der Waals surface area contributed by atoms with E-state index in [0.29, 0.717) is 15.7 Å². The fraction of sp³-hybridized carbons (Fsp3) is 0.250. The highest BCUT2D eigenvalue weighted by atomic mass is 35.5. The van der Waals surface area contributed by atoms with Crippen molar-refractivity contribution >= 4 is 29.2 Å². The summed E-state index contributed by atoms with van der Waals surface area (Å²) < 4.78 is 5.95. The zero-order chi connectivity index (χ0) is 14.9. The maximum atomic E-state index is 11.8. The van der Waals surface area contributed by atoms with E-state index in [-0.39, 0.29) is 11.9 Å². The summed E-state index contributed by atoms with van der Waals surface area (Å²) in [7, 11) is 0. The normalized spacial score (nSPS) is 10.8. The van der Waals surface area contributed by atoms with E-state index in [0.717, 1.165) is 4.68 Å². The number of rotatable bonds is 3. The Kier molecular flexibility index (Phi) is 4.15. The minimum Gasteiger partial charge on any atom is -0.457 e. The first kappa shape index (κ1) is 14.6. The van der Waals surface area contributed by atoms with Crippen LogP contribution in [0.2, 0.25) is 10.0 Å². The molecule has 2 rings (SSSR count). The van der Waals surface area contributed by atoms with E-state index in [1.165, 1.54) is 18.2 Å². The summed E-state index contributed by atoms with van der Waals surface area (Å²) in [6, 6.07) is 4.54. The number of nitrogens with zero attached hydrogens (tertiary/aromatic N) is 2. The van der Waals surface area contributed by atoms with Gasteiger partial charge in [-0.05, 0) is 32.0 Å². The monoisotopic (exact) mass is 315 g/mol. The van der Waals surface area contributed by atoms with Crippen molar-refractivity contribution in [2.24, 2.45) is 0 Å². The average molecular weight is 316 g/mol.